The summed E-state index contributed by atoms with van der Waals surface area (Å²) in [6, 6.07) is 15.4. The highest BCUT2D eigenvalue weighted by molar-refractivity contribution is 5.94. The van der Waals surface area contributed by atoms with E-state index in [2.05, 4.69) is 30.8 Å². The van der Waals surface area contributed by atoms with Crippen LogP contribution in [0, 0.1) is 0 Å². The van der Waals surface area contributed by atoms with E-state index in [0.29, 0.717) is 24.6 Å². The van der Waals surface area contributed by atoms with Crippen molar-refractivity contribution in [2.24, 2.45) is 10.7 Å². The molecule has 0 saturated carbocycles. The van der Waals surface area contributed by atoms with Crippen molar-refractivity contribution in [2.75, 3.05) is 6.54 Å². The summed E-state index contributed by atoms with van der Waals surface area (Å²) in [4.78, 5) is 18.9. The Morgan fingerprint density at radius 2 is 2.03 bits per heavy atom. The minimum Gasteiger partial charge on any atom is -0.369 e. The summed E-state index contributed by atoms with van der Waals surface area (Å²) in [5.41, 5.74) is 12.9. The number of guanidine groups is 1. The van der Waals surface area contributed by atoms with Crippen molar-refractivity contribution in [3.8, 4) is 0 Å². The van der Waals surface area contributed by atoms with E-state index in [1.165, 1.54) is 0 Å². The first kappa shape index (κ1) is 20.9. The third-order valence-electron chi connectivity index (χ3n) is 5.13. The number of carbonyl (C=O) groups excluding carboxylic acids is 1. The SMILES string of the molecule is C=C=C1N(Cc2cccc(C(=O)NCC=C)c2)C(N)=NC1(C)c1cccc(C=C)c1. The zero-order chi connectivity index (χ0) is 21.7. The van der Waals surface area contributed by atoms with Gasteiger partial charge in [-0.15, -0.1) is 12.3 Å². The van der Waals surface area contributed by atoms with Crippen LogP contribution >= 0.6 is 0 Å². The van der Waals surface area contributed by atoms with E-state index in [1.807, 2.05) is 54.3 Å². The lowest BCUT2D eigenvalue weighted by Gasteiger charge is -2.27. The molecule has 0 aromatic heterocycles. The standard InChI is InChI=1S/C25H26N4O/c1-5-14-27-23(30)20-12-8-11-19(15-20)17-29-22(7-3)25(4,28-24(29)26)21-13-9-10-18(6-2)16-21/h5-6,8-13,15-16H,1-3,14,17H2,4H3,(H2,26,28)(H,27,30). The molecule has 3 N–H and O–H groups in total. The molecule has 2 aromatic rings. The van der Waals surface area contributed by atoms with Gasteiger partial charge in [-0.1, -0.05) is 55.6 Å². The van der Waals surface area contributed by atoms with Gasteiger partial charge in [0.05, 0.1) is 12.2 Å². The van der Waals surface area contributed by atoms with Crippen LogP contribution in [0.25, 0.3) is 6.08 Å². The number of benzene rings is 2. The van der Waals surface area contributed by atoms with Crippen LogP contribution in [0.4, 0.5) is 0 Å². The summed E-state index contributed by atoms with van der Waals surface area (Å²) in [5.74, 6) is 0.236. The Bertz CT molecular complexity index is 1080. The normalized spacial score (nSPS) is 17.8. The summed E-state index contributed by atoms with van der Waals surface area (Å²) in [5, 5.41) is 2.79. The Morgan fingerprint density at radius 1 is 1.27 bits per heavy atom. The maximum atomic E-state index is 12.3. The molecule has 30 heavy (non-hydrogen) atoms. The first-order valence-electron chi connectivity index (χ1n) is 9.67. The summed E-state index contributed by atoms with van der Waals surface area (Å²) < 4.78 is 0. The Morgan fingerprint density at radius 3 is 2.73 bits per heavy atom. The van der Waals surface area contributed by atoms with E-state index in [0.717, 1.165) is 22.4 Å². The molecule has 1 aliphatic heterocycles. The molecule has 0 bridgehead atoms. The number of rotatable bonds is 7. The Hall–Kier alpha value is -3.82. The van der Waals surface area contributed by atoms with Gasteiger partial charge in [-0.05, 0) is 41.8 Å². The molecular weight excluding hydrogens is 372 g/mol. The molecule has 1 amide bonds. The summed E-state index contributed by atoms with van der Waals surface area (Å²) >= 11 is 0. The molecule has 0 spiro atoms. The summed E-state index contributed by atoms with van der Waals surface area (Å²) in [6.45, 7) is 14.2. The Balaban J connectivity index is 1.90. The van der Waals surface area contributed by atoms with E-state index in [9.17, 15) is 4.79 Å². The number of nitrogens with zero attached hydrogens (tertiary/aromatic N) is 2. The highest BCUT2D eigenvalue weighted by atomic mass is 16.1. The van der Waals surface area contributed by atoms with Gasteiger partial charge in [0.25, 0.3) is 5.91 Å². The predicted molar refractivity (Wildman–Crippen MR) is 123 cm³/mol. The minimum absolute atomic E-state index is 0.148. The van der Waals surface area contributed by atoms with Crippen LogP contribution in [0.15, 0.2) is 90.8 Å². The van der Waals surface area contributed by atoms with Gasteiger partial charge in [0.2, 0.25) is 0 Å². The molecule has 3 rings (SSSR count). The molecule has 5 nitrogen and oxygen atoms in total. The largest absolute Gasteiger partial charge is 0.369 e. The van der Waals surface area contributed by atoms with Crippen molar-refractivity contribution in [3.63, 3.8) is 0 Å². The third kappa shape index (κ3) is 3.97. The first-order chi connectivity index (χ1) is 14.4. The molecule has 0 fully saturated rings. The predicted octanol–water partition coefficient (Wildman–Crippen LogP) is 3.96. The van der Waals surface area contributed by atoms with Gasteiger partial charge in [0, 0.05) is 12.1 Å². The van der Waals surface area contributed by atoms with Gasteiger partial charge >= 0.3 is 0 Å². The molecule has 5 heteroatoms. The minimum atomic E-state index is -0.705. The fourth-order valence-corrected chi connectivity index (χ4v) is 3.58. The lowest BCUT2D eigenvalue weighted by molar-refractivity contribution is 0.0958. The molecule has 0 saturated heterocycles. The molecule has 0 radical (unpaired) electrons. The number of carbonyl (C=O) groups is 1. The Labute approximate surface area is 177 Å². The van der Waals surface area contributed by atoms with Crippen molar-refractivity contribution >= 4 is 17.9 Å². The zero-order valence-electron chi connectivity index (χ0n) is 17.2. The highest BCUT2D eigenvalue weighted by Crippen LogP contribution is 2.40. The van der Waals surface area contributed by atoms with Crippen LogP contribution in [0.3, 0.4) is 0 Å². The van der Waals surface area contributed by atoms with Gasteiger partial charge in [-0.3, -0.25) is 4.79 Å². The van der Waals surface area contributed by atoms with Crippen LogP contribution in [-0.4, -0.2) is 23.3 Å². The van der Waals surface area contributed by atoms with Crippen molar-refractivity contribution < 1.29 is 4.79 Å². The fraction of sp³-hybridized carbons (Fsp3) is 0.160. The molecule has 152 valence electrons. The maximum absolute atomic E-state index is 12.3. The number of hydrogen-bond donors (Lipinski definition) is 2. The van der Waals surface area contributed by atoms with Crippen molar-refractivity contribution in [3.05, 3.63) is 108 Å². The smallest absolute Gasteiger partial charge is 0.251 e. The first-order valence-corrected chi connectivity index (χ1v) is 9.67. The average molecular weight is 399 g/mol. The van der Waals surface area contributed by atoms with Crippen molar-refractivity contribution in [1.29, 1.82) is 0 Å². The molecule has 1 heterocycles. The van der Waals surface area contributed by atoms with E-state index in [4.69, 9.17) is 10.7 Å². The van der Waals surface area contributed by atoms with E-state index in [-0.39, 0.29) is 5.91 Å². The summed E-state index contributed by atoms with van der Waals surface area (Å²) in [7, 11) is 0. The van der Waals surface area contributed by atoms with Gasteiger partial charge in [0.1, 0.15) is 5.54 Å². The van der Waals surface area contributed by atoms with Gasteiger partial charge < -0.3 is 16.0 Å². The van der Waals surface area contributed by atoms with Gasteiger partial charge in [-0.25, -0.2) is 4.99 Å². The number of nitrogens with one attached hydrogen (secondary N) is 1. The number of hydrogen-bond acceptors (Lipinski definition) is 4. The van der Waals surface area contributed by atoms with E-state index < -0.39 is 5.54 Å². The highest BCUT2D eigenvalue weighted by Gasteiger charge is 2.41. The fourth-order valence-electron chi connectivity index (χ4n) is 3.58. The second-order valence-electron chi connectivity index (χ2n) is 7.18. The van der Waals surface area contributed by atoms with Crippen molar-refractivity contribution in [2.45, 2.75) is 19.0 Å². The second-order valence-corrected chi connectivity index (χ2v) is 7.18. The van der Waals surface area contributed by atoms with Crippen molar-refractivity contribution in [1.82, 2.24) is 10.2 Å². The number of amides is 1. The van der Waals surface area contributed by atoms with Crippen LogP contribution < -0.4 is 11.1 Å². The molecule has 0 aliphatic carbocycles. The summed E-state index contributed by atoms with van der Waals surface area (Å²) in [6.07, 6.45) is 3.44. The average Bonchev–Trinajstić information content (AvgIpc) is 3.02. The molecule has 1 aliphatic rings. The van der Waals surface area contributed by atoms with E-state index >= 15 is 0 Å². The van der Waals surface area contributed by atoms with Crippen LogP contribution in [0.5, 0.6) is 0 Å². The van der Waals surface area contributed by atoms with Crippen LogP contribution in [0.1, 0.15) is 34.0 Å². The van der Waals surface area contributed by atoms with Crippen LogP contribution in [-0.2, 0) is 12.1 Å². The number of nitrogens with two attached hydrogens (primary N) is 1. The molecule has 2 aromatic carbocycles. The molecular formula is C25H26N4O. The maximum Gasteiger partial charge on any atom is 0.251 e. The van der Waals surface area contributed by atoms with Crippen LogP contribution in [0.2, 0.25) is 0 Å². The van der Waals surface area contributed by atoms with Gasteiger partial charge in [-0.2, -0.15) is 0 Å². The lowest BCUT2D eigenvalue weighted by atomic mass is 9.88. The quantitative estimate of drug-likeness (QED) is 0.548. The molecule has 1 atom stereocenters. The van der Waals surface area contributed by atoms with Gasteiger partial charge in [0.15, 0.2) is 5.96 Å². The van der Waals surface area contributed by atoms with E-state index in [1.54, 1.807) is 18.2 Å². The lowest BCUT2D eigenvalue weighted by Crippen LogP contribution is -2.34. The number of aliphatic imine (C=N–C) groups is 1. The monoisotopic (exact) mass is 398 g/mol. The third-order valence-corrected chi connectivity index (χ3v) is 5.13. The zero-order valence-corrected chi connectivity index (χ0v) is 17.2. The molecule has 1 unspecified atom stereocenters. The topological polar surface area (TPSA) is 70.7 Å². The second kappa shape index (κ2) is 8.68. The Kier molecular flexibility index (Phi) is 6.05.